The number of nitrogens with zero attached hydrogens (tertiary/aromatic N) is 2. The molecule has 0 heterocycles. The number of non-ortho nitro benzene ring substituents is 1. The molecule has 0 atom stereocenters. The second-order valence-electron chi connectivity index (χ2n) is 3.79. The van der Waals surface area contributed by atoms with E-state index in [1.807, 2.05) is 0 Å². The zero-order chi connectivity index (χ0) is 13.7. The van der Waals surface area contributed by atoms with Gasteiger partial charge < -0.3 is 10.2 Å². The first kappa shape index (κ1) is 14.6. The minimum absolute atomic E-state index is 0.102. The van der Waals surface area contributed by atoms with Crippen LogP contribution in [0.1, 0.15) is 10.4 Å². The lowest BCUT2D eigenvalue weighted by Crippen LogP contribution is -2.32. The molecule has 0 radical (unpaired) electrons. The van der Waals surface area contributed by atoms with Gasteiger partial charge in [0.05, 0.1) is 4.92 Å². The fourth-order valence-corrected chi connectivity index (χ4v) is 1.89. The van der Waals surface area contributed by atoms with Crippen molar-refractivity contribution in [3.63, 3.8) is 0 Å². The third-order valence-electron chi connectivity index (χ3n) is 2.38. The summed E-state index contributed by atoms with van der Waals surface area (Å²) in [6.07, 6.45) is 0. The molecule has 1 rings (SSSR count). The highest BCUT2D eigenvalue weighted by Gasteiger charge is 2.16. The van der Waals surface area contributed by atoms with Crippen LogP contribution in [-0.4, -0.2) is 42.9 Å². The Morgan fingerprint density at radius 1 is 1.50 bits per heavy atom. The van der Waals surface area contributed by atoms with E-state index in [2.05, 4.69) is 21.2 Å². The number of amides is 1. The second-order valence-corrected chi connectivity index (χ2v) is 4.70. The van der Waals surface area contributed by atoms with Gasteiger partial charge in [0.15, 0.2) is 0 Å². The van der Waals surface area contributed by atoms with E-state index in [0.29, 0.717) is 23.1 Å². The molecule has 0 fully saturated rings. The number of likely N-dealkylation sites (N-methyl/N-ethyl adjacent to an activating group) is 2. The van der Waals surface area contributed by atoms with Gasteiger partial charge in [-0.3, -0.25) is 14.9 Å². The molecule has 0 aromatic heterocycles. The summed E-state index contributed by atoms with van der Waals surface area (Å²) in [4.78, 5) is 23.7. The van der Waals surface area contributed by atoms with Crippen LogP contribution in [-0.2, 0) is 0 Å². The maximum atomic E-state index is 12.0. The Balaban J connectivity index is 2.95. The molecular formula is C11H14BrN3O3. The Morgan fingerprint density at radius 3 is 2.72 bits per heavy atom. The van der Waals surface area contributed by atoms with E-state index in [4.69, 9.17) is 0 Å². The van der Waals surface area contributed by atoms with Crippen LogP contribution < -0.4 is 5.32 Å². The molecular weight excluding hydrogens is 302 g/mol. The molecule has 0 aliphatic carbocycles. The van der Waals surface area contributed by atoms with E-state index in [1.165, 1.54) is 17.0 Å². The van der Waals surface area contributed by atoms with Crippen molar-refractivity contribution < 1.29 is 9.72 Å². The van der Waals surface area contributed by atoms with Crippen molar-refractivity contribution in [2.75, 3.05) is 27.2 Å². The van der Waals surface area contributed by atoms with Crippen molar-refractivity contribution in [3.8, 4) is 0 Å². The Morgan fingerprint density at radius 2 is 2.17 bits per heavy atom. The first-order chi connectivity index (χ1) is 8.45. The third kappa shape index (κ3) is 3.78. The van der Waals surface area contributed by atoms with Gasteiger partial charge in [-0.05, 0) is 13.1 Å². The average Bonchev–Trinajstić information content (AvgIpc) is 2.34. The summed E-state index contributed by atoms with van der Waals surface area (Å²) in [7, 11) is 3.45. The van der Waals surface area contributed by atoms with Gasteiger partial charge in [0.2, 0.25) is 0 Å². The molecule has 1 amide bonds. The largest absolute Gasteiger partial charge is 0.340 e. The summed E-state index contributed by atoms with van der Waals surface area (Å²) in [6.45, 7) is 1.20. The summed E-state index contributed by atoms with van der Waals surface area (Å²) < 4.78 is 0.516. The highest BCUT2D eigenvalue weighted by Crippen LogP contribution is 2.22. The molecule has 0 bridgehead atoms. The summed E-state index contributed by atoms with van der Waals surface area (Å²) >= 11 is 3.16. The zero-order valence-electron chi connectivity index (χ0n) is 10.1. The van der Waals surface area contributed by atoms with Gasteiger partial charge >= 0.3 is 0 Å². The monoisotopic (exact) mass is 315 g/mol. The van der Waals surface area contributed by atoms with Crippen molar-refractivity contribution in [3.05, 3.63) is 38.3 Å². The highest BCUT2D eigenvalue weighted by atomic mass is 79.9. The molecule has 0 aliphatic heterocycles. The normalized spacial score (nSPS) is 10.2. The minimum Gasteiger partial charge on any atom is -0.340 e. The Bertz CT molecular complexity index is 465. The van der Waals surface area contributed by atoms with Crippen molar-refractivity contribution in [1.29, 1.82) is 0 Å². The first-order valence-corrected chi connectivity index (χ1v) is 6.10. The van der Waals surface area contributed by atoms with E-state index in [9.17, 15) is 14.9 Å². The molecule has 0 unspecified atom stereocenters. The predicted octanol–water partition coefficient (Wildman–Crippen LogP) is 1.65. The predicted molar refractivity (Wildman–Crippen MR) is 71.7 cm³/mol. The summed E-state index contributed by atoms with van der Waals surface area (Å²) in [6, 6.07) is 4.22. The highest BCUT2D eigenvalue weighted by molar-refractivity contribution is 9.10. The number of halogens is 1. The first-order valence-electron chi connectivity index (χ1n) is 5.30. The van der Waals surface area contributed by atoms with Crippen molar-refractivity contribution in [2.45, 2.75) is 0 Å². The maximum Gasteiger partial charge on any atom is 0.271 e. The lowest BCUT2D eigenvalue weighted by Gasteiger charge is -2.16. The van der Waals surface area contributed by atoms with E-state index in [1.54, 1.807) is 20.2 Å². The van der Waals surface area contributed by atoms with Crippen LogP contribution in [0, 0.1) is 10.1 Å². The Kier molecular flexibility index (Phi) is 5.24. The van der Waals surface area contributed by atoms with E-state index < -0.39 is 4.92 Å². The van der Waals surface area contributed by atoms with Gasteiger partial charge in [0.1, 0.15) is 0 Å². The summed E-state index contributed by atoms with van der Waals surface area (Å²) in [5.74, 6) is -0.241. The van der Waals surface area contributed by atoms with Crippen LogP contribution in [0.2, 0.25) is 0 Å². The van der Waals surface area contributed by atoms with Crippen molar-refractivity contribution in [2.24, 2.45) is 0 Å². The third-order valence-corrected chi connectivity index (χ3v) is 2.84. The SMILES string of the molecule is CNCCN(C)C(=O)c1cc(Br)cc([N+](=O)[O-])c1. The van der Waals surface area contributed by atoms with Gasteiger partial charge in [-0.1, -0.05) is 15.9 Å². The number of nitrogens with one attached hydrogen (secondary N) is 1. The maximum absolute atomic E-state index is 12.0. The number of nitro groups is 1. The zero-order valence-corrected chi connectivity index (χ0v) is 11.7. The minimum atomic E-state index is -0.519. The number of carbonyl (C=O) groups excluding carboxylic acids is 1. The lowest BCUT2D eigenvalue weighted by atomic mass is 10.2. The van der Waals surface area contributed by atoms with Crippen LogP contribution in [0.15, 0.2) is 22.7 Å². The Hall–Kier alpha value is -1.47. The molecule has 0 saturated heterocycles. The number of rotatable bonds is 5. The van der Waals surface area contributed by atoms with Gasteiger partial charge in [-0.15, -0.1) is 0 Å². The smallest absolute Gasteiger partial charge is 0.271 e. The molecule has 0 aliphatic rings. The number of benzene rings is 1. The Labute approximate surface area is 113 Å². The van der Waals surface area contributed by atoms with Crippen LogP contribution in [0.25, 0.3) is 0 Å². The number of hydrogen-bond acceptors (Lipinski definition) is 4. The number of hydrogen-bond donors (Lipinski definition) is 1. The number of nitro benzene ring substituents is 1. The average molecular weight is 316 g/mol. The summed E-state index contributed by atoms with van der Waals surface area (Å²) in [5, 5.41) is 13.7. The molecule has 98 valence electrons. The van der Waals surface area contributed by atoms with Gasteiger partial charge in [-0.2, -0.15) is 0 Å². The van der Waals surface area contributed by atoms with Crippen LogP contribution in [0.5, 0.6) is 0 Å². The topological polar surface area (TPSA) is 75.5 Å². The molecule has 1 aromatic carbocycles. The van der Waals surface area contributed by atoms with Crippen LogP contribution >= 0.6 is 15.9 Å². The van der Waals surface area contributed by atoms with Crippen LogP contribution in [0.4, 0.5) is 5.69 Å². The van der Waals surface area contributed by atoms with Gasteiger partial charge in [0.25, 0.3) is 11.6 Å². The molecule has 7 heteroatoms. The summed E-state index contributed by atoms with van der Waals surface area (Å²) in [5.41, 5.74) is 0.199. The molecule has 1 N–H and O–H groups in total. The van der Waals surface area contributed by atoms with E-state index in [0.717, 1.165) is 0 Å². The van der Waals surface area contributed by atoms with Gasteiger partial charge in [-0.25, -0.2) is 0 Å². The quantitative estimate of drug-likeness (QED) is 0.662. The molecule has 0 spiro atoms. The van der Waals surface area contributed by atoms with Crippen molar-refractivity contribution >= 4 is 27.5 Å². The van der Waals surface area contributed by atoms with Crippen molar-refractivity contribution in [1.82, 2.24) is 10.2 Å². The van der Waals surface area contributed by atoms with Crippen LogP contribution in [0.3, 0.4) is 0 Å². The van der Waals surface area contributed by atoms with Gasteiger partial charge in [0, 0.05) is 42.3 Å². The molecule has 1 aromatic rings. The second kappa shape index (κ2) is 6.46. The fourth-order valence-electron chi connectivity index (χ4n) is 1.40. The fraction of sp³-hybridized carbons (Fsp3) is 0.364. The molecule has 18 heavy (non-hydrogen) atoms. The number of carbonyl (C=O) groups is 1. The molecule has 0 saturated carbocycles. The lowest BCUT2D eigenvalue weighted by molar-refractivity contribution is -0.385. The van der Waals surface area contributed by atoms with E-state index in [-0.39, 0.29) is 11.6 Å². The standard InChI is InChI=1S/C11H14BrN3O3/c1-13-3-4-14(2)11(16)8-5-9(12)7-10(6-8)15(17)18/h5-7,13H,3-4H2,1-2H3. The molecule has 6 nitrogen and oxygen atoms in total. The van der Waals surface area contributed by atoms with E-state index >= 15 is 0 Å².